The van der Waals surface area contributed by atoms with Crippen LogP contribution in [0.15, 0.2) is 0 Å². The average Bonchev–Trinajstić information content (AvgIpc) is 2.62. The Labute approximate surface area is 116 Å². The summed E-state index contributed by atoms with van der Waals surface area (Å²) >= 11 is 0. The van der Waals surface area contributed by atoms with E-state index in [9.17, 15) is 4.79 Å². The molecule has 2 aliphatic rings. The van der Waals surface area contributed by atoms with E-state index >= 15 is 0 Å². The van der Waals surface area contributed by atoms with Gasteiger partial charge < -0.3 is 15.4 Å². The Bertz CT molecular complexity index is 295. The summed E-state index contributed by atoms with van der Waals surface area (Å²) in [5.41, 5.74) is -0.136. The van der Waals surface area contributed by atoms with Crippen LogP contribution >= 0.6 is 0 Å². The summed E-state index contributed by atoms with van der Waals surface area (Å²) in [5.74, 6) is 0.678. The van der Waals surface area contributed by atoms with Crippen molar-refractivity contribution in [1.82, 2.24) is 10.6 Å². The van der Waals surface area contributed by atoms with Crippen molar-refractivity contribution in [2.45, 2.75) is 64.0 Å². The van der Waals surface area contributed by atoms with Gasteiger partial charge in [-0.15, -0.1) is 0 Å². The number of ether oxygens (including phenoxy) is 1. The fraction of sp³-hybridized carbons (Fsp3) is 0.933. The number of carbonyl (C=O) groups is 1. The fourth-order valence-corrected chi connectivity index (χ4v) is 3.04. The number of hydrogen-bond donors (Lipinski definition) is 2. The molecule has 0 aromatic rings. The van der Waals surface area contributed by atoms with E-state index in [4.69, 9.17) is 4.74 Å². The van der Waals surface area contributed by atoms with Gasteiger partial charge in [-0.2, -0.15) is 0 Å². The zero-order valence-corrected chi connectivity index (χ0v) is 12.3. The summed E-state index contributed by atoms with van der Waals surface area (Å²) in [7, 11) is 0. The third-order valence-corrected chi connectivity index (χ3v) is 4.55. The van der Waals surface area contributed by atoms with Crippen molar-refractivity contribution < 1.29 is 9.53 Å². The molecule has 110 valence electrons. The zero-order valence-electron chi connectivity index (χ0n) is 12.3. The Morgan fingerprint density at radius 3 is 2.47 bits per heavy atom. The molecule has 2 N–H and O–H groups in total. The van der Waals surface area contributed by atoms with Crippen LogP contribution in [0, 0.1) is 5.92 Å². The van der Waals surface area contributed by atoms with Gasteiger partial charge in [-0.3, -0.25) is 4.79 Å². The molecule has 1 atom stereocenters. The smallest absolute Gasteiger partial charge is 0.246 e. The SMILES string of the molecule is C[C@H](NC(=O)COC1(C)CNC1)C1CCCCCC1. The maximum Gasteiger partial charge on any atom is 0.246 e. The predicted molar refractivity (Wildman–Crippen MR) is 76.0 cm³/mol. The molecule has 0 spiro atoms. The lowest BCUT2D eigenvalue weighted by Crippen LogP contribution is -2.59. The third kappa shape index (κ3) is 4.46. The van der Waals surface area contributed by atoms with Gasteiger partial charge in [-0.1, -0.05) is 25.7 Å². The molecule has 1 aliphatic heterocycles. The molecule has 1 amide bonds. The molecule has 19 heavy (non-hydrogen) atoms. The Kier molecular flexibility index (Phi) is 5.22. The predicted octanol–water partition coefficient (Wildman–Crippen LogP) is 1.84. The summed E-state index contributed by atoms with van der Waals surface area (Å²) in [6.45, 7) is 6.07. The second-order valence-electron chi connectivity index (χ2n) is 6.45. The molecule has 1 aliphatic carbocycles. The highest BCUT2D eigenvalue weighted by Gasteiger charge is 2.33. The Morgan fingerprint density at radius 2 is 1.95 bits per heavy atom. The second-order valence-corrected chi connectivity index (χ2v) is 6.45. The first kappa shape index (κ1) is 14.8. The Morgan fingerprint density at radius 1 is 1.32 bits per heavy atom. The molecule has 0 aromatic heterocycles. The Hall–Kier alpha value is -0.610. The van der Waals surface area contributed by atoms with Crippen molar-refractivity contribution in [2.24, 2.45) is 5.92 Å². The minimum atomic E-state index is -0.136. The fourth-order valence-electron chi connectivity index (χ4n) is 3.04. The molecule has 1 saturated carbocycles. The average molecular weight is 268 g/mol. The third-order valence-electron chi connectivity index (χ3n) is 4.55. The largest absolute Gasteiger partial charge is 0.363 e. The molecule has 4 heteroatoms. The van der Waals surface area contributed by atoms with Crippen LogP contribution in [-0.2, 0) is 9.53 Å². The summed E-state index contributed by atoms with van der Waals surface area (Å²) in [4.78, 5) is 11.9. The van der Waals surface area contributed by atoms with E-state index in [0.29, 0.717) is 5.92 Å². The van der Waals surface area contributed by atoms with Gasteiger partial charge in [-0.05, 0) is 32.6 Å². The lowest BCUT2D eigenvalue weighted by molar-refractivity contribution is -0.136. The van der Waals surface area contributed by atoms with Crippen molar-refractivity contribution in [3.8, 4) is 0 Å². The van der Waals surface area contributed by atoms with Crippen LogP contribution in [0.2, 0.25) is 0 Å². The molecule has 1 saturated heterocycles. The number of carbonyl (C=O) groups excluding carboxylic acids is 1. The van der Waals surface area contributed by atoms with E-state index in [0.717, 1.165) is 13.1 Å². The number of hydrogen-bond acceptors (Lipinski definition) is 3. The highest BCUT2D eigenvalue weighted by Crippen LogP contribution is 2.25. The van der Waals surface area contributed by atoms with Gasteiger partial charge in [0.2, 0.25) is 5.91 Å². The van der Waals surface area contributed by atoms with Crippen LogP contribution in [0.4, 0.5) is 0 Å². The van der Waals surface area contributed by atoms with Gasteiger partial charge in [0, 0.05) is 19.1 Å². The lowest BCUT2D eigenvalue weighted by Gasteiger charge is -2.38. The standard InChI is InChI=1S/C15H28N2O2/c1-12(13-7-5-3-4-6-8-13)17-14(18)9-19-15(2)10-16-11-15/h12-13,16H,3-11H2,1-2H3,(H,17,18)/t12-/m0/s1. The normalized spacial score (nSPS) is 25.2. The van der Waals surface area contributed by atoms with Crippen LogP contribution in [0.5, 0.6) is 0 Å². The Balaban J connectivity index is 1.68. The number of nitrogens with one attached hydrogen (secondary N) is 2. The molecule has 0 bridgehead atoms. The molecule has 0 aromatic carbocycles. The van der Waals surface area contributed by atoms with Crippen molar-refractivity contribution in [3.63, 3.8) is 0 Å². The van der Waals surface area contributed by atoms with Gasteiger partial charge in [0.1, 0.15) is 6.61 Å². The first-order valence-electron chi connectivity index (χ1n) is 7.73. The first-order valence-corrected chi connectivity index (χ1v) is 7.73. The molecular formula is C15H28N2O2. The molecule has 0 unspecified atom stereocenters. The van der Waals surface area contributed by atoms with Crippen LogP contribution in [0.25, 0.3) is 0 Å². The topological polar surface area (TPSA) is 50.4 Å². The molecule has 4 nitrogen and oxygen atoms in total. The van der Waals surface area contributed by atoms with E-state index in [2.05, 4.69) is 17.6 Å². The van der Waals surface area contributed by atoms with E-state index in [1.807, 2.05) is 6.92 Å². The monoisotopic (exact) mass is 268 g/mol. The van der Waals surface area contributed by atoms with Gasteiger partial charge in [0.15, 0.2) is 0 Å². The highest BCUT2D eigenvalue weighted by atomic mass is 16.5. The van der Waals surface area contributed by atoms with Crippen LogP contribution in [0.1, 0.15) is 52.4 Å². The van der Waals surface area contributed by atoms with Crippen LogP contribution in [0.3, 0.4) is 0 Å². The molecule has 0 radical (unpaired) electrons. The maximum atomic E-state index is 11.9. The lowest BCUT2D eigenvalue weighted by atomic mass is 9.93. The van der Waals surface area contributed by atoms with Crippen molar-refractivity contribution in [1.29, 1.82) is 0 Å². The minimum absolute atomic E-state index is 0.0323. The van der Waals surface area contributed by atoms with Gasteiger partial charge in [-0.25, -0.2) is 0 Å². The van der Waals surface area contributed by atoms with E-state index in [-0.39, 0.29) is 24.2 Å². The summed E-state index contributed by atoms with van der Waals surface area (Å²) in [6.07, 6.45) is 7.83. The second kappa shape index (κ2) is 6.71. The summed E-state index contributed by atoms with van der Waals surface area (Å²) in [5, 5.41) is 6.28. The van der Waals surface area contributed by atoms with Gasteiger partial charge in [0.05, 0.1) is 5.60 Å². The minimum Gasteiger partial charge on any atom is -0.363 e. The van der Waals surface area contributed by atoms with E-state index in [1.54, 1.807) is 0 Å². The van der Waals surface area contributed by atoms with Crippen LogP contribution < -0.4 is 10.6 Å². The molecule has 1 heterocycles. The van der Waals surface area contributed by atoms with Gasteiger partial charge in [0.25, 0.3) is 0 Å². The molecule has 2 rings (SSSR count). The van der Waals surface area contributed by atoms with Crippen molar-refractivity contribution in [2.75, 3.05) is 19.7 Å². The van der Waals surface area contributed by atoms with Crippen LogP contribution in [-0.4, -0.2) is 37.2 Å². The molecular weight excluding hydrogens is 240 g/mol. The number of amides is 1. The quantitative estimate of drug-likeness (QED) is 0.748. The maximum absolute atomic E-state index is 11.9. The zero-order chi connectivity index (χ0) is 13.7. The van der Waals surface area contributed by atoms with Crippen molar-refractivity contribution >= 4 is 5.91 Å². The van der Waals surface area contributed by atoms with E-state index in [1.165, 1.54) is 38.5 Å². The first-order chi connectivity index (χ1) is 9.09. The summed E-state index contributed by atoms with van der Waals surface area (Å²) in [6, 6.07) is 0.279. The summed E-state index contributed by atoms with van der Waals surface area (Å²) < 4.78 is 5.67. The molecule has 2 fully saturated rings. The van der Waals surface area contributed by atoms with Crippen molar-refractivity contribution in [3.05, 3.63) is 0 Å². The highest BCUT2D eigenvalue weighted by molar-refractivity contribution is 5.77. The van der Waals surface area contributed by atoms with Gasteiger partial charge >= 0.3 is 0 Å². The number of rotatable bonds is 5. The van der Waals surface area contributed by atoms with E-state index < -0.39 is 0 Å².